The topological polar surface area (TPSA) is 63.7 Å². The summed E-state index contributed by atoms with van der Waals surface area (Å²) in [6.45, 7) is 1.01. The summed E-state index contributed by atoms with van der Waals surface area (Å²) < 4.78 is 8.19. The average Bonchev–Trinajstić information content (AvgIpc) is 2.79. The zero-order valence-corrected chi connectivity index (χ0v) is 10.5. The summed E-state index contributed by atoms with van der Waals surface area (Å²) in [5, 5.41) is 16.1. The third kappa shape index (κ3) is 3.04. The predicted octanol–water partition coefficient (Wildman–Crippen LogP) is 1.99. The van der Waals surface area contributed by atoms with E-state index in [1.54, 1.807) is 4.57 Å². The van der Waals surface area contributed by atoms with Gasteiger partial charge in [-0.1, -0.05) is 15.9 Å². The summed E-state index contributed by atoms with van der Waals surface area (Å²) in [4.78, 5) is 0. The van der Waals surface area contributed by atoms with Gasteiger partial charge >= 0.3 is 0 Å². The highest BCUT2D eigenvalue weighted by atomic mass is 79.9. The first-order valence-electron chi connectivity index (χ1n) is 4.96. The number of ether oxygens (including phenoxy) is 1. The van der Waals surface area contributed by atoms with Crippen molar-refractivity contribution in [3.8, 4) is 11.8 Å². The van der Waals surface area contributed by atoms with E-state index in [4.69, 9.17) is 10.00 Å². The van der Waals surface area contributed by atoms with E-state index in [0.29, 0.717) is 19.0 Å². The first-order valence-corrected chi connectivity index (χ1v) is 5.75. The van der Waals surface area contributed by atoms with Crippen molar-refractivity contribution in [1.29, 1.82) is 5.26 Å². The van der Waals surface area contributed by atoms with Crippen LogP contribution >= 0.6 is 15.9 Å². The Bertz CT molecular complexity index is 529. The van der Waals surface area contributed by atoms with Gasteiger partial charge in [-0.2, -0.15) is 5.26 Å². The molecule has 0 aliphatic heterocycles. The van der Waals surface area contributed by atoms with E-state index in [1.165, 1.54) is 6.33 Å². The van der Waals surface area contributed by atoms with Gasteiger partial charge in [-0.15, -0.1) is 10.2 Å². The van der Waals surface area contributed by atoms with Crippen LogP contribution in [-0.4, -0.2) is 21.4 Å². The summed E-state index contributed by atoms with van der Waals surface area (Å²) in [7, 11) is 0. The first kappa shape index (κ1) is 11.6. The molecule has 1 aromatic heterocycles. The van der Waals surface area contributed by atoms with Crippen molar-refractivity contribution in [3.63, 3.8) is 0 Å². The van der Waals surface area contributed by atoms with Gasteiger partial charge in [-0.25, -0.2) is 0 Å². The molecule has 0 amide bonds. The number of halogens is 1. The largest absolute Gasteiger partial charge is 0.492 e. The fraction of sp³-hybridized carbons (Fsp3) is 0.182. The van der Waals surface area contributed by atoms with Crippen LogP contribution in [0, 0.1) is 11.3 Å². The minimum Gasteiger partial charge on any atom is -0.492 e. The van der Waals surface area contributed by atoms with Crippen LogP contribution < -0.4 is 4.74 Å². The van der Waals surface area contributed by atoms with Crippen molar-refractivity contribution < 1.29 is 4.74 Å². The molecule has 1 aromatic carbocycles. The van der Waals surface area contributed by atoms with E-state index < -0.39 is 0 Å². The van der Waals surface area contributed by atoms with Crippen LogP contribution in [0.25, 0.3) is 0 Å². The fourth-order valence-corrected chi connectivity index (χ4v) is 1.56. The Balaban J connectivity index is 1.88. The van der Waals surface area contributed by atoms with Gasteiger partial charge in [-0.3, -0.25) is 0 Å². The van der Waals surface area contributed by atoms with Crippen LogP contribution in [0.15, 0.2) is 35.1 Å². The van der Waals surface area contributed by atoms with Crippen molar-refractivity contribution in [2.75, 3.05) is 6.61 Å². The molecule has 0 atom stereocenters. The second-order valence-electron chi connectivity index (χ2n) is 3.26. The van der Waals surface area contributed by atoms with Crippen LogP contribution in [0.2, 0.25) is 0 Å². The maximum atomic E-state index is 8.73. The molecule has 2 aromatic rings. The number of rotatable bonds is 4. The highest BCUT2D eigenvalue weighted by Crippen LogP contribution is 2.15. The van der Waals surface area contributed by atoms with Gasteiger partial charge in [0, 0.05) is 4.47 Å². The Hall–Kier alpha value is -1.87. The van der Waals surface area contributed by atoms with E-state index in [0.717, 1.165) is 10.2 Å². The van der Waals surface area contributed by atoms with Crippen LogP contribution in [0.5, 0.6) is 5.75 Å². The summed E-state index contributed by atoms with van der Waals surface area (Å²) in [6.07, 6.45) is 1.52. The van der Waals surface area contributed by atoms with Gasteiger partial charge < -0.3 is 9.30 Å². The monoisotopic (exact) mass is 292 g/mol. The summed E-state index contributed by atoms with van der Waals surface area (Å²) >= 11 is 3.35. The molecule has 0 fully saturated rings. The lowest BCUT2D eigenvalue weighted by Gasteiger charge is -2.06. The molecular weight excluding hydrogens is 284 g/mol. The second-order valence-corrected chi connectivity index (χ2v) is 4.18. The molecule has 2 rings (SSSR count). The normalized spacial score (nSPS) is 9.88. The summed E-state index contributed by atoms with van der Waals surface area (Å²) in [5.74, 6) is 1.09. The molecule has 0 spiro atoms. The Kier molecular flexibility index (Phi) is 3.73. The lowest BCUT2D eigenvalue weighted by molar-refractivity contribution is 0.297. The molecular formula is C11H9BrN4O. The van der Waals surface area contributed by atoms with E-state index >= 15 is 0 Å². The van der Waals surface area contributed by atoms with Gasteiger partial charge in [0.05, 0.1) is 6.54 Å². The molecule has 0 aliphatic rings. The molecule has 0 radical (unpaired) electrons. The zero-order chi connectivity index (χ0) is 12.1. The van der Waals surface area contributed by atoms with Gasteiger partial charge in [0.25, 0.3) is 0 Å². The van der Waals surface area contributed by atoms with E-state index in [2.05, 4.69) is 26.1 Å². The van der Waals surface area contributed by atoms with Gasteiger partial charge in [-0.05, 0) is 24.3 Å². The summed E-state index contributed by atoms with van der Waals surface area (Å²) in [6, 6.07) is 9.54. The molecule has 5 nitrogen and oxygen atoms in total. The average molecular weight is 293 g/mol. The molecule has 17 heavy (non-hydrogen) atoms. The first-order chi connectivity index (χ1) is 8.29. The standard InChI is InChI=1S/C11H9BrN4O/c12-9-1-3-10(4-2-9)17-6-5-16-8-14-15-11(16)7-13/h1-4,8H,5-6H2. The Morgan fingerprint density at radius 1 is 1.35 bits per heavy atom. The van der Waals surface area contributed by atoms with Crippen LogP contribution in [0.4, 0.5) is 0 Å². The molecule has 86 valence electrons. The minimum atomic E-state index is 0.296. The number of hydrogen-bond acceptors (Lipinski definition) is 4. The molecule has 1 heterocycles. The minimum absolute atomic E-state index is 0.296. The van der Waals surface area contributed by atoms with E-state index in [1.807, 2.05) is 30.3 Å². The van der Waals surface area contributed by atoms with E-state index in [9.17, 15) is 0 Å². The van der Waals surface area contributed by atoms with E-state index in [-0.39, 0.29) is 0 Å². The van der Waals surface area contributed by atoms with Crippen molar-refractivity contribution in [2.24, 2.45) is 0 Å². The zero-order valence-electron chi connectivity index (χ0n) is 8.88. The van der Waals surface area contributed by atoms with Crippen LogP contribution in [0.3, 0.4) is 0 Å². The molecule has 0 N–H and O–H groups in total. The smallest absolute Gasteiger partial charge is 0.234 e. The third-order valence-electron chi connectivity index (χ3n) is 2.13. The van der Waals surface area contributed by atoms with Gasteiger partial charge in [0.1, 0.15) is 24.8 Å². The van der Waals surface area contributed by atoms with Gasteiger partial charge in [0.2, 0.25) is 5.82 Å². The molecule has 6 heteroatoms. The molecule has 0 bridgehead atoms. The quantitative estimate of drug-likeness (QED) is 0.864. The van der Waals surface area contributed by atoms with Crippen molar-refractivity contribution in [3.05, 3.63) is 40.9 Å². The number of hydrogen-bond donors (Lipinski definition) is 0. The molecule has 0 saturated carbocycles. The Labute approximate surface area is 107 Å². The van der Waals surface area contributed by atoms with Crippen LogP contribution in [-0.2, 0) is 6.54 Å². The van der Waals surface area contributed by atoms with Gasteiger partial charge in [0.15, 0.2) is 0 Å². The number of nitriles is 1. The van der Waals surface area contributed by atoms with Crippen molar-refractivity contribution >= 4 is 15.9 Å². The molecule has 0 unspecified atom stereocenters. The number of benzene rings is 1. The Morgan fingerprint density at radius 3 is 2.82 bits per heavy atom. The maximum Gasteiger partial charge on any atom is 0.234 e. The highest BCUT2D eigenvalue weighted by Gasteiger charge is 2.02. The van der Waals surface area contributed by atoms with Crippen LogP contribution in [0.1, 0.15) is 5.82 Å². The third-order valence-corrected chi connectivity index (χ3v) is 2.66. The fourth-order valence-electron chi connectivity index (χ4n) is 1.30. The number of aromatic nitrogens is 3. The lowest BCUT2D eigenvalue weighted by atomic mass is 10.3. The van der Waals surface area contributed by atoms with Crippen molar-refractivity contribution in [1.82, 2.24) is 14.8 Å². The number of nitrogens with zero attached hydrogens (tertiary/aromatic N) is 4. The Morgan fingerprint density at radius 2 is 2.12 bits per heavy atom. The lowest BCUT2D eigenvalue weighted by Crippen LogP contribution is -2.09. The predicted molar refractivity (Wildman–Crippen MR) is 64.4 cm³/mol. The van der Waals surface area contributed by atoms with Crippen molar-refractivity contribution in [2.45, 2.75) is 6.54 Å². The molecule has 0 saturated heterocycles. The second kappa shape index (κ2) is 5.46. The maximum absolute atomic E-state index is 8.73. The SMILES string of the molecule is N#Cc1nncn1CCOc1ccc(Br)cc1. The summed E-state index contributed by atoms with van der Waals surface area (Å²) in [5.41, 5.74) is 0. The highest BCUT2D eigenvalue weighted by molar-refractivity contribution is 9.10. The molecule has 0 aliphatic carbocycles.